The monoisotopic (exact) mass is 480 g/mol. The molecule has 1 N–H and O–H groups in total. The van der Waals surface area contributed by atoms with Gasteiger partial charge in [-0.15, -0.1) is 0 Å². The summed E-state index contributed by atoms with van der Waals surface area (Å²) < 4.78 is 16.6. The minimum Gasteiger partial charge on any atom is -0.507 e. The first-order valence-corrected chi connectivity index (χ1v) is 12.0. The molecule has 2 heterocycles. The summed E-state index contributed by atoms with van der Waals surface area (Å²) in [6.07, 6.45) is 0.708. The molecule has 0 saturated carbocycles. The summed E-state index contributed by atoms with van der Waals surface area (Å²) >= 11 is 0. The van der Waals surface area contributed by atoms with Gasteiger partial charge >= 0.3 is 0 Å². The van der Waals surface area contributed by atoms with E-state index in [4.69, 9.17) is 14.2 Å². The normalized spacial score (nSPS) is 18.9. The van der Waals surface area contributed by atoms with Crippen LogP contribution >= 0.6 is 0 Å². The number of fused-ring (bicyclic) bond motifs is 1. The number of amides is 1. The number of aliphatic hydroxyl groups is 1. The van der Waals surface area contributed by atoms with Crippen LogP contribution in [0.5, 0.6) is 17.2 Å². The molecule has 0 unspecified atom stereocenters. The number of benzene rings is 2. The Labute approximate surface area is 205 Å². The molecule has 2 aromatic carbocycles. The van der Waals surface area contributed by atoms with Crippen molar-refractivity contribution in [3.05, 3.63) is 59.2 Å². The maximum Gasteiger partial charge on any atom is 0.295 e. The van der Waals surface area contributed by atoms with Crippen LogP contribution in [0.4, 0.5) is 0 Å². The number of methoxy groups -OCH3 is 1. The van der Waals surface area contributed by atoms with E-state index < -0.39 is 17.7 Å². The van der Waals surface area contributed by atoms with Gasteiger partial charge in [-0.25, -0.2) is 0 Å². The minimum absolute atomic E-state index is 0.0581. The fourth-order valence-corrected chi connectivity index (χ4v) is 4.62. The number of likely N-dealkylation sites (tertiary alicyclic amines) is 1. The highest BCUT2D eigenvalue weighted by molar-refractivity contribution is 6.46. The largest absolute Gasteiger partial charge is 0.507 e. The van der Waals surface area contributed by atoms with Crippen LogP contribution in [0.15, 0.2) is 48.0 Å². The maximum absolute atomic E-state index is 13.3. The van der Waals surface area contributed by atoms with Gasteiger partial charge in [-0.05, 0) is 62.0 Å². The van der Waals surface area contributed by atoms with Crippen LogP contribution in [0.3, 0.4) is 0 Å². The van der Waals surface area contributed by atoms with Crippen molar-refractivity contribution in [1.29, 1.82) is 0 Å². The zero-order valence-corrected chi connectivity index (χ0v) is 20.5. The molecule has 1 fully saturated rings. The Morgan fingerprint density at radius 3 is 2.54 bits per heavy atom. The van der Waals surface area contributed by atoms with Crippen molar-refractivity contribution in [1.82, 2.24) is 9.80 Å². The van der Waals surface area contributed by atoms with Gasteiger partial charge in [0.25, 0.3) is 11.7 Å². The molecule has 1 atom stereocenters. The van der Waals surface area contributed by atoms with Crippen molar-refractivity contribution in [3.8, 4) is 17.2 Å². The van der Waals surface area contributed by atoms with Crippen molar-refractivity contribution in [2.75, 3.05) is 46.5 Å². The highest BCUT2D eigenvalue weighted by atomic mass is 16.6. The number of hydrogen-bond acceptors (Lipinski definition) is 7. The number of rotatable bonds is 9. The molecule has 0 aliphatic carbocycles. The van der Waals surface area contributed by atoms with E-state index in [0.29, 0.717) is 54.6 Å². The Morgan fingerprint density at radius 2 is 1.83 bits per heavy atom. The molecule has 186 valence electrons. The second kappa shape index (κ2) is 10.8. The molecule has 8 heteroatoms. The summed E-state index contributed by atoms with van der Waals surface area (Å²) in [5.74, 6) is 0.125. The second-order valence-electron chi connectivity index (χ2n) is 8.51. The van der Waals surface area contributed by atoms with Crippen LogP contribution in [0, 0.1) is 0 Å². The Kier molecular flexibility index (Phi) is 7.60. The number of nitrogens with zero attached hydrogens (tertiary/aromatic N) is 2. The average molecular weight is 481 g/mol. The molecule has 0 bridgehead atoms. The molecule has 2 aromatic rings. The van der Waals surface area contributed by atoms with E-state index in [9.17, 15) is 14.7 Å². The molecule has 1 saturated heterocycles. The molecule has 1 amide bonds. The van der Waals surface area contributed by atoms with E-state index in [-0.39, 0.29) is 11.3 Å². The average Bonchev–Trinajstić information content (AvgIpc) is 3.15. The first kappa shape index (κ1) is 24.6. The van der Waals surface area contributed by atoms with Crippen molar-refractivity contribution >= 4 is 17.4 Å². The van der Waals surface area contributed by atoms with Crippen LogP contribution in [0.2, 0.25) is 0 Å². The number of Topliss-reactive ketones (excluding diaryl/α,β-unsaturated/α-hetero) is 1. The fourth-order valence-electron chi connectivity index (χ4n) is 4.62. The van der Waals surface area contributed by atoms with E-state index in [1.807, 2.05) is 12.1 Å². The first-order chi connectivity index (χ1) is 17.0. The van der Waals surface area contributed by atoms with Gasteiger partial charge in [0.15, 0.2) is 11.5 Å². The van der Waals surface area contributed by atoms with Gasteiger partial charge < -0.3 is 29.1 Å². The Balaban J connectivity index is 1.75. The van der Waals surface area contributed by atoms with Gasteiger partial charge in [0, 0.05) is 12.1 Å². The second-order valence-corrected chi connectivity index (χ2v) is 8.51. The van der Waals surface area contributed by atoms with Gasteiger partial charge in [-0.2, -0.15) is 0 Å². The topological polar surface area (TPSA) is 88.5 Å². The third-order valence-corrected chi connectivity index (χ3v) is 6.53. The molecule has 2 aliphatic rings. The fraction of sp³-hybridized carbons (Fsp3) is 0.407. The van der Waals surface area contributed by atoms with E-state index in [1.54, 1.807) is 42.3 Å². The molecule has 35 heavy (non-hydrogen) atoms. The van der Waals surface area contributed by atoms with Gasteiger partial charge in [0.2, 0.25) is 0 Å². The predicted molar refractivity (Wildman–Crippen MR) is 132 cm³/mol. The maximum atomic E-state index is 13.3. The lowest BCUT2D eigenvalue weighted by molar-refractivity contribution is -0.140. The Hall–Kier alpha value is -3.52. The zero-order chi connectivity index (χ0) is 24.9. The van der Waals surface area contributed by atoms with Crippen LogP contribution in [0.25, 0.3) is 5.76 Å². The number of aliphatic hydroxyl groups excluding tert-OH is 1. The minimum atomic E-state index is -0.727. The summed E-state index contributed by atoms with van der Waals surface area (Å²) in [6.45, 7) is 8.07. The van der Waals surface area contributed by atoms with Crippen LogP contribution in [-0.2, 0) is 9.59 Å². The SMILES string of the molecule is CCN(CC)CCCN1C(=O)C(=O)/C(=C(/O)c2ccc3c(c2)OCCO3)[C@H]1c1cccc(OC)c1. The van der Waals surface area contributed by atoms with E-state index in [0.717, 1.165) is 19.6 Å². The number of hydrogen-bond donors (Lipinski definition) is 1. The molecular weight excluding hydrogens is 448 g/mol. The lowest BCUT2D eigenvalue weighted by Gasteiger charge is -2.27. The molecule has 2 aliphatic heterocycles. The quantitative estimate of drug-likeness (QED) is 0.333. The summed E-state index contributed by atoms with van der Waals surface area (Å²) in [7, 11) is 1.56. The highest BCUT2D eigenvalue weighted by Crippen LogP contribution is 2.41. The van der Waals surface area contributed by atoms with Crippen molar-refractivity contribution in [3.63, 3.8) is 0 Å². The van der Waals surface area contributed by atoms with Crippen LogP contribution < -0.4 is 14.2 Å². The van der Waals surface area contributed by atoms with Crippen LogP contribution in [-0.4, -0.2) is 73.1 Å². The molecule has 0 aromatic heterocycles. The molecule has 0 radical (unpaired) electrons. The molecule has 8 nitrogen and oxygen atoms in total. The van der Waals surface area contributed by atoms with Crippen LogP contribution in [0.1, 0.15) is 37.4 Å². The summed E-state index contributed by atoms with van der Waals surface area (Å²) in [5, 5.41) is 11.3. The predicted octanol–water partition coefficient (Wildman–Crippen LogP) is 3.62. The van der Waals surface area contributed by atoms with E-state index in [2.05, 4.69) is 18.7 Å². The third kappa shape index (κ3) is 4.98. The van der Waals surface area contributed by atoms with Gasteiger partial charge in [-0.3, -0.25) is 9.59 Å². The third-order valence-electron chi connectivity index (χ3n) is 6.53. The summed E-state index contributed by atoms with van der Waals surface area (Å²) in [6, 6.07) is 11.5. The van der Waals surface area contributed by atoms with E-state index >= 15 is 0 Å². The summed E-state index contributed by atoms with van der Waals surface area (Å²) in [4.78, 5) is 30.3. The van der Waals surface area contributed by atoms with Crippen molar-refractivity contribution in [2.24, 2.45) is 0 Å². The molecular formula is C27H32N2O6. The Bertz CT molecular complexity index is 1120. The highest BCUT2D eigenvalue weighted by Gasteiger charge is 2.46. The van der Waals surface area contributed by atoms with Crippen molar-refractivity contribution in [2.45, 2.75) is 26.3 Å². The zero-order valence-electron chi connectivity index (χ0n) is 20.5. The number of ether oxygens (including phenoxy) is 3. The van der Waals surface area contributed by atoms with Gasteiger partial charge in [-0.1, -0.05) is 26.0 Å². The smallest absolute Gasteiger partial charge is 0.295 e. The van der Waals surface area contributed by atoms with Crippen molar-refractivity contribution < 1.29 is 28.9 Å². The van der Waals surface area contributed by atoms with Gasteiger partial charge in [0.1, 0.15) is 24.7 Å². The molecule has 4 rings (SSSR count). The van der Waals surface area contributed by atoms with E-state index in [1.165, 1.54) is 0 Å². The number of carbonyl (C=O) groups is 2. The lowest BCUT2D eigenvalue weighted by Crippen LogP contribution is -2.33. The van der Waals surface area contributed by atoms with Gasteiger partial charge in [0.05, 0.1) is 18.7 Å². The number of carbonyl (C=O) groups excluding carboxylic acids is 2. The lowest BCUT2D eigenvalue weighted by atomic mass is 9.95. The molecule has 0 spiro atoms. The summed E-state index contributed by atoms with van der Waals surface area (Å²) in [5.41, 5.74) is 1.15. The first-order valence-electron chi connectivity index (χ1n) is 12.0. The Morgan fingerprint density at radius 1 is 1.09 bits per heavy atom. The number of ketones is 1. The standard InChI is InChI=1S/C27H32N2O6/c1-4-28(5-2)12-7-13-29-24(18-8-6-9-20(16-18)33-3)23(26(31)27(29)32)25(30)19-10-11-21-22(17-19)35-15-14-34-21/h6,8-11,16-17,24,30H,4-5,7,12-15H2,1-3H3/b25-23+/t24-/m1/s1.